The highest BCUT2D eigenvalue weighted by Crippen LogP contribution is 2.23. The summed E-state index contributed by atoms with van der Waals surface area (Å²) in [7, 11) is 0. The molecule has 2 rings (SSSR count). The Kier molecular flexibility index (Phi) is 4.06. The normalized spacial score (nSPS) is 13.8. The molecule has 0 radical (unpaired) electrons. The van der Waals surface area contributed by atoms with Crippen molar-refractivity contribution in [1.29, 1.82) is 0 Å². The van der Waals surface area contributed by atoms with Crippen molar-refractivity contribution in [2.75, 3.05) is 11.9 Å². The number of anilines is 1. The van der Waals surface area contributed by atoms with Crippen molar-refractivity contribution in [1.82, 2.24) is 14.6 Å². The van der Waals surface area contributed by atoms with Gasteiger partial charge in [0.1, 0.15) is 3.70 Å². The summed E-state index contributed by atoms with van der Waals surface area (Å²) in [6, 6.07) is 1.35. The van der Waals surface area contributed by atoms with Crippen LogP contribution >= 0.6 is 34.2 Å². The average Bonchev–Trinajstić information content (AvgIpc) is 2.66. The molecule has 0 bridgehead atoms. The number of nitrogens with zero attached hydrogens (tertiary/aromatic N) is 3. The fourth-order valence-electron chi connectivity index (χ4n) is 1.36. The van der Waals surface area contributed by atoms with Crippen LogP contribution < -0.4 is 5.32 Å². The SMILES string of the molecule is OC(CNc1cc(Cl)nn2c(I)cnc12)C(F)(F)F. The number of aliphatic hydroxyl groups is 1. The van der Waals surface area contributed by atoms with E-state index < -0.39 is 18.8 Å². The van der Waals surface area contributed by atoms with Crippen LogP contribution in [-0.2, 0) is 0 Å². The second-order valence-corrected chi connectivity index (χ2v) is 5.13. The Balaban J connectivity index is 2.26. The number of nitrogens with one attached hydrogen (secondary N) is 1. The molecule has 0 aliphatic heterocycles. The van der Waals surface area contributed by atoms with E-state index >= 15 is 0 Å². The summed E-state index contributed by atoms with van der Waals surface area (Å²) in [4.78, 5) is 4.01. The summed E-state index contributed by atoms with van der Waals surface area (Å²) in [5.41, 5.74) is 0.606. The van der Waals surface area contributed by atoms with E-state index in [-0.39, 0.29) is 10.8 Å². The van der Waals surface area contributed by atoms with Crippen LogP contribution in [0, 0.1) is 3.70 Å². The molecular formula is C9H7ClF3IN4O. The monoisotopic (exact) mass is 406 g/mol. The molecule has 5 nitrogen and oxygen atoms in total. The zero-order chi connectivity index (χ0) is 14.2. The first-order chi connectivity index (χ1) is 8.79. The van der Waals surface area contributed by atoms with Crippen molar-refractivity contribution in [3.63, 3.8) is 0 Å². The molecule has 0 fully saturated rings. The van der Waals surface area contributed by atoms with Crippen molar-refractivity contribution >= 4 is 45.5 Å². The van der Waals surface area contributed by atoms with Gasteiger partial charge in [-0.1, -0.05) is 11.6 Å². The van der Waals surface area contributed by atoms with Crippen LogP contribution in [0.4, 0.5) is 18.9 Å². The Morgan fingerprint density at radius 1 is 1.53 bits per heavy atom. The lowest BCUT2D eigenvalue weighted by Gasteiger charge is -2.16. The predicted molar refractivity (Wildman–Crippen MR) is 71.3 cm³/mol. The maximum Gasteiger partial charge on any atom is 0.416 e. The third kappa shape index (κ3) is 3.20. The van der Waals surface area contributed by atoms with Crippen LogP contribution in [0.15, 0.2) is 12.3 Å². The van der Waals surface area contributed by atoms with Gasteiger partial charge in [-0.3, -0.25) is 0 Å². The summed E-state index contributed by atoms with van der Waals surface area (Å²) in [6.45, 7) is -0.692. The van der Waals surface area contributed by atoms with E-state index in [1.54, 1.807) is 0 Å². The molecule has 10 heteroatoms. The van der Waals surface area contributed by atoms with Gasteiger partial charge in [-0.15, -0.1) is 0 Å². The molecule has 0 aliphatic carbocycles. The highest BCUT2D eigenvalue weighted by atomic mass is 127. The summed E-state index contributed by atoms with van der Waals surface area (Å²) in [5.74, 6) is 0. The Hall–Kier alpha value is -0.810. The average molecular weight is 407 g/mol. The van der Waals surface area contributed by atoms with E-state index in [1.165, 1.54) is 16.8 Å². The molecule has 1 unspecified atom stereocenters. The lowest BCUT2D eigenvalue weighted by atomic mass is 10.3. The molecule has 0 aliphatic rings. The molecule has 2 aromatic heterocycles. The fourth-order valence-corrected chi connectivity index (χ4v) is 2.02. The quantitative estimate of drug-likeness (QED) is 0.768. The molecular weight excluding hydrogens is 399 g/mol. The number of aliphatic hydroxyl groups excluding tert-OH is 1. The van der Waals surface area contributed by atoms with Gasteiger partial charge in [0.15, 0.2) is 16.9 Å². The molecule has 2 N–H and O–H groups in total. The van der Waals surface area contributed by atoms with Gasteiger partial charge in [0.05, 0.1) is 11.9 Å². The highest BCUT2D eigenvalue weighted by molar-refractivity contribution is 14.1. The van der Waals surface area contributed by atoms with Gasteiger partial charge < -0.3 is 10.4 Å². The first-order valence-electron chi connectivity index (χ1n) is 4.97. The fraction of sp³-hybridized carbons (Fsp3) is 0.333. The van der Waals surface area contributed by atoms with Crippen LogP contribution in [0.25, 0.3) is 5.65 Å². The van der Waals surface area contributed by atoms with E-state index in [1.807, 2.05) is 22.6 Å². The number of rotatable bonds is 3. The van der Waals surface area contributed by atoms with Crippen molar-refractivity contribution in [2.45, 2.75) is 12.3 Å². The first kappa shape index (κ1) is 14.6. The van der Waals surface area contributed by atoms with Gasteiger partial charge in [0.2, 0.25) is 0 Å². The molecule has 2 heterocycles. The van der Waals surface area contributed by atoms with Crippen LogP contribution in [0.2, 0.25) is 5.15 Å². The van der Waals surface area contributed by atoms with Gasteiger partial charge >= 0.3 is 6.18 Å². The van der Waals surface area contributed by atoms with Crippen LogP contribution in [0.1, 0.15) is 0 Å². The van der Waals surface area contributed by atoms with E-state index in [4.69, 9.17) is 16.7 Å². The molecule has 2 aromatic rings. The standard InChI is InChI=1S/C9H7ClF3IN4O/c10-6-1-4(15-2-5(19)9(11,12)13)8-16-3-7(14)18(8)17-6/h1,3,5,15,19H,2H2. The van der Waals surface area contributed by atoms with Crippen LogP contribution in [0.3, 0.4) is 0 Å². The van der Waals surface area contributed by atoms with Gasteiger partial charge in [0, 0.05) is 12.6 Å². The van der Waals surface area contributed by atoms with E-state index in [0.717, 1.165) is 0 Å². The van der Waals surface area contributed by atoms with Gasteiger partial charge in [-0.2, -0.15) is 18.3 Å². The first-order valence-corrected chi connectivity index (χ1v) is 6.43. The van der Waals surface area contributed by atoms with Gasteiger partial charge in [-0.05, 0) is 22.6 Å². The van der Waals surface area contributed by atoms with E-state index in [9.17, 15) is 13.2 Å². The molecule has 104 valence electrons. The topological polar surface area (TPSA) is 62.5 Å². The maximum atomic E-state index is 12.2. The maximum absolute atomic E-state index is 12.2. The second kappa shape index (κ2) is 5.29. The molecule has 0 aromatic carbocycles. The minimum absolute atomic E-state index is 0.104. The van der Waals surface area contributed by atoms with Crippen molar-refractivity contribution in [3.8, 4) is 0 Å². The van der Waals surface area contributed by atoms with Gasteiger partial charge in [0.25, 0.3) is 0 Å². The molecule has 19 heavy (non-hydrogen) atoms. The minimum atomic E-state index is -4.68. The molecule has 0 saturated heterocycles. The van der Waals surface area contributed by atoms with E-state index in [0.29, 0.717) is 9.35 Å². The summed E-state index contributed by atoms with van der Waals surface area (Å²) in [6.07, 6.45) is -5.64. The van der Waals surface area contributed by atoms with Crippen LogP contribution in [-0.4, -0.2) is 38.5 Å². The summed E-state index contributed by atoms with van der Waals surface area (Å²) in [5, 5.41) is 15.5. The van der Waals surface area contributed by atoms with E-state index in [2.05, 4.69) is 15.4 Å². The Bertz CT molecular complexity index is 603. The minimum Gasteiger partial charge on any atom is -0.382 e. The summed E-state index contributed by atoms with van der Waals surface area (Å²) >= 11 is 7.73. The number of aromatic nitrogens is 3. The molecule has 0 spiro atoms. The lowest BCUT2D eigenvalue weighted by molar-refractivity contribution is -0.198. The Labute approximate surface area is 123 Å². The number of fused-ring (bicyclic) bond motifs is 1. The zero-order valence-electron chi connectivity index (χ0n) is 9.12. The molecule has 0 amide bonds. The third-order valence-electron chi connectivity index (χ3n) is 2.26. The van der Waals surface area contributed by atoms with Crippen molar-refractivity contribution in [3.05, 3.63) is 21.1 Å². The number of alkyl halides is 3. The highest BCUT2D eigenvalue weighted by Gasteiger charge is 2.37. The van der Waals surface area contributed by atoms with Crippen molar-refractivity contribution in [2.24, 2.45) is 0 Å². The number of hydrogen-bond acceptors (Lipinski definition) is 4. The number of hydrogen-bond donors (Lipinski definition) is 2. The Morgan fingerprint density at radius 2 is 2.21 bits per heavy atom. The molecule has 1 atom stereocenters. The zero-order valence-corrected chi connectivity index (χ0v) is 12.0. The smallest absolute Gasteiger partial charge is 0.382 e. The van der Waals surface area contributed by atoms with Crippen molar-refractivity contribution < 1.29 is 18.3 Å². The number of imidazole rings is 1. The van der Waals surface area contributed by atoms with Gasteiger partial charge in [-0.25, -0.2) is 9.50 Å². The second-order valence-electron chi connectivity index (χ2n) is 3.64. The lowest BCUT2D eigenvalue weighted by Crippen LogP contribution is -2.35. The van der Waals surface area contributed by atoms with Crippen LogP contribution in [0.5, 0.6) is 0 Å². The largest absolute Gasteiger partial charge is 0.416 e. The Morgan fingerprint density at radius 3 is 2.84 bits per heavy atom. The molecule has 0 saturated carbocycles. The predicted octanol–water partition coefficient (Wildman–Crippen LogP) is 2.32. The third-order valence-corrected chi connectivity index (χ3v) is 3.18. The summed E-state index contributed by atoms with van der Waals surface area (Å²) < 4.78 is 38.7. The number of halogens is 5.